The lowest BCUT2D eigenvalue weighted by molar-refractivity contribution is -0.0773. The third-order valence-corrected chi connectivity index (χ3v) is 2.85. The quantitative estimate of drug-likeness (QED) is 0.749. The summed E-state index contributed by atoms with van der Waals surface area (Å²) in [4.78, 5) is 16.8. The normalized spacial score (nSPS) is 10.8. The van der Waals surface area contributed by atoms with E-state index in [-0.39, 0.29) is 5.91 Å². The van der Waals surface area contributed by atoms with E-state index in [2.05, 4.69) is 0 Å². The van der Waals surface area contributed by atoms with E-state index >= 15 is 0 Å². The number of nitrogens with zero attached hydrogens (tertiary/aromatic N) is 1. The van der Waals surface area contributed by atoms with Crippen LogP contribution in [0, 0.1) is 13.8 Å². The molecular formula is C13H15NO3. The molecule has 0 saturated heterocycles. The van der Waals surface area contributed by atoms with Crippen molar-refractivity contribution in [2.45, 2.75) is 13.8 Å². The Hall–Kier alpha value is -1.81. The van der Waals surface area contributed by atoms with Crippen molar-refractivity contribution in [1.82, 2.24) is 5.06 Å². The third-order valence-electron chi connectivity index (χ3n) is 2.85. The SMILES string of the molecule is CON(C)C(=O)c1oc2ccc(C)cc2c1C. The van der Waals surface area contributed by atoms with Crippen LogP contribution in [-0.2, 0) is 4.84 Å². The molecule has 2 aromatic rings. The monoisotopic (exact) mass is 233 g/mol. The lowest BCUT2D eigenvalue weighted by Crippen LogP contribution is -2.25. The highest BCUT2D eigenvalue weighted by Crippen LogP contribution is 2.26. The zero-order valence-electron chi connectivity index (χ0n) is 10.4. The Morgan fingerprint density at radius 2 is 2.06 bits per heavy atom. The van der Waals surface area contributed by atoms with Crippen LogP contribution < -0.4 is 0 Å². The summed E-state index contributed by atoms with van der Waals surface area (Å²) < 4.78 is 5.57. The van der Waals surface area contributed by atoms with Gasteiger partial charge in [-0.1, -0.05) is 11.6 Å². The van der Waals surface area contributed by atoms with Gasteiger partial charge in [0.15, 0.2) is 5.76 Å². The second-order valence-electron chi connectivity index (χ2n) is 4.04. The molecule has 2 rings (SSSR count). The van der Waals surface area contributed by atoms with E-state index in [4.69, 9.17) is 9.25 Å². The molecule has 1 aromatic carbocycles. The minimum absolute atomic E-state index is 0.279. The van der Waals surface area contributed by atoms with Crippen LogP contribution in [0.4, 0.5) is 0 Å². The van der Waals surface area contributed by atoms with Crippen LogP contribution in [0.5, 0.6) is 0 Å². The Bertz CT molecular complexity index is 571. The van der Waals surface area contributed by atoms with Gasteiger partial charge in [-0.25, -0.2) is 5.06 Å². The maximum Gasteiger partial charge on any atom is 0.313 e. The molecule has 0 radical (unpaired) electrons. The van der Waals surface area contributed by atoms with Crippen LogP contribution >= 0.6 is 0 Å². The highest BCUT2D eigenvalue weighted by Gasteiger charge is 2.20. The van der Waals surface area contributed by atoms with Crippen molar-refractivity contribution in [2.75, 3.05) is 14.2 Å². The van der Waals surface area contributed by atoms with Gasteiger partial charge in [-0.3, -0.25) is 9.63 Å². The highest BCUT2D eigenvalue weighted by atomic mass is 16.7. The Balaban J connectivity index is 2.56. The van der Waals surface area contributed by atoms with Crippen molar-refractivity contribution in [3.8, 4) is 0 Å². The van der Waals surface area contributed by atoms with Crippen molar-refractivity contribution < 1.29 is 14.0 Å². The first kappa shape index (κ1) is 11.7. The zero-order valence-corrected chi connectivity index (χ0v) is 10.4. The van der Waals surface area contributed by atoms with Crippen LogP contribution in [0.2, 0.25) is 0 Å². The molecule has 1 amide bonds. The first-order valence-corrected chi connectivity index (χ1v) is 5.36. The summed E-state index contributed by atoms with van der Waals surface area (Å²) in [6, 6.07) is 5.85. The fraction of sp³-hybridized carbons (Fsp3) is 0.308. The van der Waals surface area contributed by atoms with E-state index in [1.165, 1.54) is 7.11 Å². The second-order valence-corrected chi connectivity index (χ2v) is 4.04. The number of rotatable bonds is 2. The number of benzene rings is 1. The Labute approximate surface area is 99.7 Å². The molecule has 0 aliphatic rings. The minimum atomic E-state index is -0.279. The van der Waals surface area contributed by atoms with Gasteiger partial charge in [-0.15, -0.1) is 0 Å². The molecule has 1 aromatic heterocycles. The van der Waals surface area contributed by atoms with Gasteiger partial charge in [0, 0.05) is 18.0 Å². The number of amides is 1. The predicted molar refractivity (Wildman–Crippen MR) is 64.8 cm³/mol. The number of hydrogen-bond donors (Lipinski definition) is 0. The molecule has 90 valence electrons. The van der Waals surface area contributed by atoms with E-state index in [0.717, 1.165) is 27.2 Å². The van der Waals surface area contributed by atoms with Crippen LogP contribution in [0.3, 0.4) is 0 Å². The number of hydroxylamine groups is 2. The Kier molecular flexibility index (Phi) is 2.90. The predicted octanol–water partition coefficient (Wildman–Crippen LogP) is 2.68. The van der Waals surface area contributed by atoms with Gasteiger partial charge in [0.25, 0.3) is 0 Å². The fourth-order valence-electron chi connectivity index (χ4n) is 1.76. The largest absolute Gasteiger partial charge is 0.451 e. The van der Waals surface area contributed by atoms with Crippen LogP contribution in [0.25, 0.3) is 11.0 Å². The first-order chi connectivity index (χ1) is 8.04. The average Bonchev–Trinajstić information content (AvgIpc) is 2.65. The summed E-state index contributed by atoms with van der Waals surface area (Å²) in [6.45, 7) is 3.89. The zero-order chi connectivity index (χ0) is 12.6. The molecule has 0 saturated carbocycles. The molecule has 0 atom stereocenters. The molecule has 0 bridgehead atoms. The summed E-state index contributed by atoms with van der Waals surface area (Å²) in [5.41, 5.74) is 2.71. The first-order valence-electron chi connectivity index (χ1n) is 5.36. The number of carbonyl (C=O) groups is 1. The van der Waals surface area contributed by atoms with Crippen molar-refractivity contribution >= 4 is 16.9 Å². The molecule has 4 heteroatoms. The van der Waals surface area contributed by atoms with Gasteiger partial charge in [0.2, 0.25) is 0 Å². The summed E-state index contributed by atoms with van der Waals surface area (Å²) in [5, 5.41) is 2.12. The maximum absolute atomic E-state index is 12.0. The van der Waals surface area contributed by atoms with Gasteiger partial charge >= 0.3 is 5.91 Å². The number of furan rings is 1. The molecule has 4 nitrogen and oxygen atoms in total. The molecule has 0 N–H and O–H groups in total. The fourth-order valence-corrected chi connectivity index (χ4v) is 1.76. The summed E-state index contributed by atoms with van der Waals surface area (Å²) in [7, 11) is 3.00. The Morgan fingerprint density at radius 3 is 2.71 bits per heavy atom. The van der Waals surface area contributed by atoms with E-state index in [1.807, 2.05) is 32.0 Å². The number of aryl methyl sites for hydroxylation is 2. The van der Waals surface area contributed by atoms with Gasteiger partial charge in [0.05, 0.1) is 7.11 Å². The molecular weight excluding hydrogens is 218 g/mol. The smallest absolute Gasteiger partial charge is 0.313 e. The van der Waals surface area contributed by atoms with E-state index in [9.17, 15) is 4.79 Å². The van der Waals surface area contributed by atoms with Crippen molar-refractivity contribution in [1.29, 1.82) is 0 Å². The molecule has 0 fully saturated rings. The van der Waals surface area contributed by atoms with Gasteiger partial charge in [-0.2, -0.15) is 0 Å². The molecule has 17 heavy (non-hydrogen) atoms. The average molecular weight is 233 g/mol. The number of fused-ring (bicyclic) bond motifs is 1. The molecule has 0 spiro atoms. The lowest BCUT2D eigenvalue weighted by atomic mass is 10.1. The minimum Gasteiger partial charge on any atom is -0.451 e. The van der Waals surface area contributed by atoms with E-state index in [1.54, 1.807) is 7.05 Å². The standard InChI is InChI=1S/C13H15NO3/c1-8-5-6-11-10(7-8)9(2)12(17-11)13(15)14(3)16-4/h5-7H,1-4H3. The van der Waals surface area contributed by atoms with E-state index < -0.39 is 0 Å². The molecule has 0 aliphatic carbocycles. The van der Waals surface area contributed by atoms with Crippen molar-refractivity contribution in [2.24, 2.45) is 0 Å². The highest BCUT2D eigenvalue weighted by molar-refractivity contribution is 5.98. The van der Waals surface area contributed by atoms with Gasteiger partial charge < -0.3 is 4.42 Å². The van der Waals surface area contributed by atoms with Crippen LogP contribution in [0.15, 0.2) is 22.6 Å². The third kappa shape index (κ3) is 1.91. The second kappa shape index (κ2) is 4.22. The number of hydrogen-bond acceptors (Lipinski definition) is 3. The molecule has 0 unspecified atom stereocenters. The summed E-state index contributed by atoms with van der Waals surface area (Å²) >= 11 is 0. The van der Waals surface area contributed by atoms with Crippen molar-refractivity contribution in [3.63, 3.8) is 0 Å². The Morgan fingerprint density at radius 1 is 1.35 bits per heavy atom. The number of carbonyl (C=O) groups excluding carboxylic acids is 1. The maximum atomic E-state index is 12.0. The van der Waals surface area contributed by atoms with Crippen LogP contribution in [-0.4, -0.2) is 25.1 Å². The summed E-state index contributed by atoms with van der Waals surface area (Å²) in [6.07, 6.45) is 0. The molecule has 0 aliphatic heterocycles. The van der Waals surface area contributed by atoms with Gasteiger partial charge in [-0.05, 0) is 26.0 Å². The lowest BCUT2D eigenvalue weighted by Gasteiger charge is -2.11. The molecule has 1 heterocycles. The van der Waals surface area contributed by atoms with Crippen LogP contribution in [0.1, 0.15) is 21.7 Å². The van der Waals surface area contributed by atoms with E-state index in [0.29, 0.717) is 5.76 Å². The topological polar surface area (TPSA) is 42.7 Å². The van der Waals surface area contributed by atoms with Gasteiger partial charge in [0.1, 0.15) is 5.58 Å². The summed E-state index contributed by atoms with van der Waals surface area (Å²) in [5.74, 6) is 0.0498. The van der Waals surface area contributed by atoms with Crippen molar-refractivity contribution in [3.05, 3.63) is 35.1 Å².